The second-order valence-corrected chi connectivity index (χ2v) is 7.49. The Morgan fingerprint density at radius 1 is 1.26 bits per heavy atom. The summed E-state index contributed by atoms with van der Waals surface area (Å²) in [4.78, 5) is 27.1. The van der Waals surface area contributed by atoms with E-state index in [2.05, 4.69) is 15.9 Å². The molecule has 2 bridgehead atoms. The van der Waals surface area contributed by atoms with Crippen molar-refractivity contribution in [3.63, 3.8) is 0 Å². The number of fused-ring (bicyclic) bond motifs is 5. The van der Waals surface area contributed by atoms with E-state index in [4.69, 9.17) is 4.74 Å². The Kier molecular flexibility index (Phi) is 2.96. The van der Waals surface area contributed by atoms with E-state index in [0.717, 1.165) is 10.0 Å². The van der Waals surface area contributed by atoms with Crippen LogP contribution in [0.5, 0.6) is 0 Å². The zero-order valence-electron chi connectivity index (χ0n) is 12.7. The topological polar surface area (TPSA) is 66.8 Å². The van der Waals surface area contributed by atoms with E-state index in [0.29, 0.717) is 5.69 Å². The molecule has 5 nitrogen and oxygen atoms in total. The van der Waals surface area contributed by atoms with Crippen molar-refractivity contribution in [3.05, 3.63) is 40.4 Å². The van der Waals surface area contributed by atoms with Crippen LogP contribution in [0.2, 0.25) is 0 Å². The standard InChI is InChI=1S/C17H16BrNO4/c1-9-3-4-10(7-11(9)18)19-14(21)12-13(15(19)22)17(8-20)6-5-16(12,2)23-17/h3-7,12-13,20H,8H2,1-2H3/t12-,13-,16+,17-/m0/s1. The minimum atomic E-state index is -1.08. The van der Waals surface area contributed by atoms with Crippen molar-refractivity contribution in [2.75, 3.05) is 11.5 Å². The highest BCUT2D eigenvalue weighted by molar-refractivity contribution is 9.10. The maximum absolute atomic E-state index is 13.0. The minimum Gasteiger partial charge on any atom is -0.393 e. The fraction of sp³-hybridized carbons (Fsp3) is 0.412. The lowest BCUT2D eigenvalue weighted by atomic mass is 9.73. The second-order valence-electron chi connectivity index (χ2n) is 6.63. The summed E-state index contributed by atoms with van der Waals surface area (Å²) in [5, 5.41) is 9.78. The number of ether oxygens (including phenoxy) is 1. The normalized spacial score (nSPS) is 37.8. The van der Waals surface area contributed by atoms with E-state index >= 15 is 0 Å². The van der Waals surface area contributed by atoms with Crippen LogP contribution in [0.4, 0.5) is 5.69 Å². The van der Waals surface area contributed by atoms with Gasteiger partial charge in [0, 0.05) is 4.47 Å². The molecule has 23 heavy (non-hydrogen) atoms. The van der Waals surface area contributed by atoms with Crippen molar-refractivity contribution in [2.45, 2.75) is 25.0 Å². The van der Waals surface area contributed by atoms with Gasteiger partial charge in [0.1, 0.15) is 5.60 Å². The quantitative estimate of drug-likeness (QED) is 0.631. The van der Waals surface area contributed by atoms with E-state index in [1.807, 2.05) is 13.0 Å². The van der Waals surface area contributed by atoms with Gasteiger partial charge in [-0.25, -0.2) is 4.90 Å². The van der Waals surface area contributed by atoms with Gasteiger partial charge in [-0.15, -0.1) is 0 Å². The molecule has 0 spiro atoms. The number of aliphatic hydroxyl groups is 1. The highest BCUT2D eigenvalue weighted by atomic mass is 79.9. The van der Waals surface area contributed by atoms with Crippen LogP contribution >= 0.6 is 15.9 Å². The molecule has 1 aromatic rings. The van der Waals surface area contributed by atoms with Crippen molar-refractivity contribution in [2.24, 2.45) is 11.8 Å². The fourth-order valence-electron chi connectivity index (χ4n) is 4.02. The molecular formula is C17H16BrNO4. The number of nitrogens with zero attached hydrogens (tertiary/aromatic N) is 1. The molecule has 1 N–H and O–H groups in total. The number of benzene rings is 1. The van der Waals surface area contributed by atoms with Crippen LogP contribution in [0, 0.1) is 18.8 Å². The third-order valence-corrected chi connectivity index (χ3v) is 6.07. The van der Waals surface area contributed by atoms with Gasteiger partial charge in [-0.05, 0) is 31.5 Å². The lowest BCUT2D eigenvalue weighted by Gasteiger charge is -2.27. The first-order valence-corrected chi connectivity index (χ1v) is 8.28. The monoisotopic (exact) mass is 377 g/mol. The van der Waals surface area contributed by atoms with E-state index in [1.165, 1.54) is 4.90 Å². The molecule has 0 unspecified atom stereocenters. The largest absolute Gasteiger partial charge is 0.393 e. The molecule has 4 atom stereocenters. The van der Waals surface area contributed by atoms with Crippen molar-refractivity contribution in [1.29, 1.82) is 0 Å². The van der Waals surface area contributed by atoms with E-state index in [1.54, 1.807) is 31.2 Å². The number of anilines is 1. The summed E-state index contributed by atoms with van der Waals surface area (Å²) in [6.45, 7) is 3.42. The Balaban J connectivity index is 1.81. The molecule has 0 aliphatic carbocycles. The third kappa shape index (κ3) is 1.74. The first-order valence-electron chi connectivity index (χ1n) is 7.48. The fourth-order valence-corrected chi connectivity index (χ4v) is 4.38. The maximum atomic E-state index is 13.0. The predicted octanol–water partition coefficient (Wildman–Crippen LogP) is 1.95. The first kappa shape index (κ1) is 15.1. The summed E-state index contributed by atoms with van der Waals surface area (Å²) < 4.78 is 6.73. The highest BCUT2D eigenvalue weighted by Gasteiger charge is 2.72. The van der Waals surface area contributed by atoms with Crippen LogP contribution in [-0.2, 0) is 14.3 Å². The number of rotatable bonds is 2. The molecule has 0 saturated carbocycles. The number of carbonyl (C=O) groups excluding carboxylic acids is 2. The number of halogens is 1. The second kappa shape index (κ2) is 4.53. The Hall–Kier alpha value is -1.50. The highest BCUT2D eigenvalue weighted by Crippen LogP contribution is 2.57. The number of carbonyl (C=O) groups is 2. The van der Waals surface area contributed by atoms with Crippen LogP contribution in [0.15, 0.2) is 34.8 Å². The molecule has 3 aliphatic heterocycles. The van der Waals surface area contributed by atoms with Gasteiger partial charge in [0.25, 0.3) is 0 Å². The average molecular weight is 378 g/mol. The Morgan fingerprint density at radius 3 is 2.61 bits per heavy atom. The molecule has 2 fully saturated rings. The number of amides is 2. The average Bonchev–Trinajstić information content (AvgIpc) is 3.09. The first-order chi connectivity index (χ1) is 10.8. The summed E-state index contributed by atoms with van der Waals surface area (Å²) in [6.07, 6.45) is 3.53. The lowest BCUT2D eigenvalue weighted by Crippen LogP contribution is -2.43. The number of imide groups is 1. The number of hydrogen-bond donors (Lipinski definition) is 1. The van der Waals surface area contributed by atoms with E-state index in [-0.39, 0.29) is 18.4 Å². The maximum Gasteiger partial charge on any atom is 0.241 e. The van der Waals surface area contributed by atoms with Gasteiger partial charge in [0.05, 0.1) is 29.7 Å². The summed E-state index contributed by atoms with van der Waals surface area (Å²) in [5.74, 6) is -1.84. The molecule has 120 valence electrons. The molecule has 6 heteroatoms. The minimum absolute atomic E-state index is 0.266. The lowest BCUT2D eigenvalue weighted by molar-refractivity contribution is -0.131. The summed E-state index contributed by atoms with van der Waals surface area (Å²) in [7, 11) is 0. The number of aryl methyl sites for hydroxylation is 1. The van der Waals surface area contributed by atoms with Gasteiger partial charge >= 0.3 is 0 Å². The van der Waals surface area contributed by atoms with E-state index in [9.17, 15) is 14.7 Å². The van der Waals surface area contributed by atoms with Gasteiger partial charge in [-0.3, -0.25) is 9.59 Å². The van der Waals surface area contributed by atoms with Gasteiger partial charge in [-0.1, -0.05) is 34.1 Å². The molecule has 4 rings (SSSR count). The van der Waals surface area contributed by atoms with Crippen molar-refractivity contribution in [1.82, 2.24) is 0 Å². The van der Waals surface area contributed by atoms with Crippen molar-refractivity contribution < 1.29 is 19.4 Å². The third-order valence-electron chi connectivity index (χ3n) is 5.22. The molecule has 0 aromatic heterocycles. The zero-order valence-corrected chi connectivity index (χ0v) is 14.3. The van der Waals surface area contributed by atoms with E-state index < -0.39 is 23.0 Å². The van der Waals surface area contributed by atoms with Crippen LogP contribution in [0.1, 0.15) is 12.5 Å². The molecule has 3 aliphatic rings. The number of aliphatic hydroxyl groups excluding tert-OH is 1. The van der Waals surface area contributed by atoms with Gasteiger partial charge in [-0.2, -0.15) is 0 Å². The smallest absolute Gasteiger partial charge is 0.241 e. The Bertz CT molecular complexity index is 776. The van der Waals surface area contributed by atoms with Crippen LogP contribution < -0.4 is 4.90 Å². The summed E-state index contributed by atoms with van der Waals surface area (Å²) in [5.41, 5.74) is -0.348. The molecule has 0 radical (unpaired) electrons. The molecular weight excluding hydrogens is 362 g/mol. The summed E-state index contributed by atoms with van der Waals surface area (Å²) in [6, 6.07) is 5.40. The van der Waals surface area contributed by atoms with Crippen LogP contribution in [0.25, 0.3) is 0 Å². The molecule has 2 amide bonds. The van der Waals surface area contributed by atoms with Gasteiger partial charge in [0.2, 0.25) is 11.8 Å². The van der Waals surface area contributed by atoms with Crippen molar-refractivity contribution in [3.8, 4) is 0 Å². The van der Waals surface area contributed by atoms with Crippen molar-refractivity contribution >= 4 is 33.4 Å². The SMILES string of the molecule is Cc1ccc(N2C(=O)[C@@H]3[C@@H](C2=O)[C@@]2(CO)C=C[C@@]3(C)O2)cc1Br. The zero-order chi connectivity index (χ0) is 16.6. The number of hydrogen-bond acceptors (Lipinski definition) is 4. The van der Waals surface area contributed by atoms with Crippen LogP contribution in [0.3, 0.4) is 0 Å². The Morgan fingerprint density at radius 2 is 1.96 bits per heavy atom. The predicted molar refractivity (Wildman–Crippen MR) is 86.8 cm³/mol. The van der Waals surface area contributed by atoms with Gasteiger partial charge < -0.3 is 9.84 Å². The molecule has 3 heterocycles. The van der Waals surface area contributed by atoms with Gasteiger partial charge in [0.15, 0.2) is 0 Å². The Labute approximate surface area is 142 Å². The molecule has 2 saturated heterocycles. The molecule has 1 aromatic carbocycles. The summed E-state index contributed by atoms with van der Waals surface area (Å²) >= 11 is 3.44. The van der Waals surface area contributed by atoms with Crippen LogP contribution in [-0.4, -0.2) is 34.7 Å².